The first-order chi connectivity index (χ1) is 6.25. The molecule has 0 aliphatic heterocycles. The molecule has 1 saturated carbocycles. The largest absolute Gasteiger partial charge is 0.399 e. The monoisotopic (exact) mass is 176 g/mol. The number of pyridine rings is 1. The Morgan fingerprint density at radius 2 is 2.00 bits per heavy atom. The van der Waals surface area contributed by atoms with Crippen molar-refractivity contribution in [1.29, 1.82) is 0 Å². The van der Waals surface area contributed by atoms with Gasteiger partial charge in [0, 0.05) is 23.0 Å². The summed E-state index contributed by atoms with van der Waals surface area (Å²) in [5, 5.41) is 0. The topological polar surface area (TPSA) is 38.9 Å². The minimum atomic E-state index is 0.669. The Morgan fingerprint density at radius 3 is 2.62 bits per heavy atom. The maximum absolute atomic E-state index is 5.79. The van der Waals surface area contributed by atoms with Crippen molar-refractivity contribution in [3.05, 3.63) is 23.5 Å². The summed E-state index contributed by atoms with van der Waals surface area (Å²) < 4.78 is 0. The first-order valence-electron chi connectivity index (χ1n) is 5.00. The summed E-state index contributed by atoms with van der Waals surface area (Å²) in [6.45, 7) is 2.01. The summed E-state index contributed by atoms with van der Waals surface area (Å²) in [4.78, 5) is 4.54. The van der Waals surface area contributed by atoms with E-state index in [9.17, 15) is 0 Å². The molecular weight excluding hydrogens is 160 g/mol. The number of nitrogen functional groups attached to an aromatic ring is 1. The van der Waals surface area contributed by atoms with E-state index in [1.165, 1.54) is 31.4 Å². The molecule has 2 rings (SSSR count). The SMILES string of the molecule is Cc1cc(N)cc(C2CCCC2)n1. The van der Waals surface area contributed by atoms with Crippen molar-refractivity contribution >= 4 is 5.69 Å². The number of rotatable bonds is 1. The summed E-state index contributed by atoms with van der Waals surface area (Å²) in [6.07, 6.45) is 5.27. The van der Waals surface area contributed by atoms with E-state index in [2.05, 4.69) is 4.98 Å². The highest BCUT2D eigenvalue weighted by atomic mass is 14.7. The van der Waals surface area contributed by atoms with E-state index >= 15 is 0 Å². The molecule has 13 heavy (non-hydrogen) atoms. The van der Waals surface area contributed by atoms with E-state index in [1.807, 2.05) is 19.1 Å². The van der Waals surface area contributed by atoms with E-state index < -0.39 is 0 Å². The minimum Gasteiger partial charge on any atom is -0.399 e. The van der Waals surface area contributed by atoms with Gasteiger partial charge in [-0.25, -0.2) is 0 Å². The zero-order valence-electron chi connectivity index (χ0n) is 8.09. The molecule has 1 aliphatic carbocycles. The first-order valence-corrected chi connectivity index (χ1v) is 5.00. The van der Waals surface area contributed by atoms with Crippen molar-refractivity contribution in [2.45, 2.75) is 38.5 Å². The van der Waals surface area contributed by atoms with Crippen LogP contribution in [0.4, 0.5) is 5.69 Å². The van der Waals surface area contributed by atoms with Gasteiger partial charge in [-0.3, -0.25) is 4.98 Å². The minimum absolute atomic E-state index is 0.669. The summed E-state index contributed by atoms with van der Waals surface area (Å²) >= 11 is 0. The second-order valence-corrected chi connectivity index (χ2v) is 3.95. The number of hydrogen-bond donors (Lipinski definition) is 1. The van der Waals surface area contributed by atoms with E-state index in [4.69, 9.17) is 5.73 Å². The maximum atomic E-state index is 5.79. The average molecular weight is 176 g/mol. The smallest absolute Gasteiger partial charge is 0.0458 e. The number of nitrogens with zero attached hydrogens (tertiary/aromatic N) is 1. The Balaban J connectivity index is 2.28. The van der Waals surface area contributed by atoms with E-state index in [0.717, 1.165) is 11.4 Å². The molecule has 2 N–H and O–H groups in total. The Morgan fingerprint density at radius 1 is 1.31 bits per heavy atom. The van der Waals surface area contributed by atoms with Gasteiger partial charge in [0.25, 0.3) is 0 Å². The average Bonchev–Trinajstić information content (AvgIpc) is 2.53. The molecule has 2 heteroatoms. The van der Waals surface area contributed by atoms with Crippen LogP contribution in [0.2, 0.25) is 0 Å². The van der Waals surface area contributed by atoms with Gasteiger partial charge in [-0.2, -0.15) is 0 Å². The number of aromatic nitrogens is 1. The van der Waals surface area contributed by atoms with Gasteiger partial charge in [0.2, 0.25) is 0 Å². The molecule has 0 atom stereocenters. The van der Waals surface area contributed by atoms with Crippen LogP contribution >= 0.6 is 0 Å². The summed E-state index contributed by atoms with van der Waals surface area (Å²) in [7, 11) is 0. The fourth-order valence-electron chi connectivity index (χ4n) is 2.15. The summed E-state index contributed by atoms with van der Waals surface area (Å²) in [6, 6.07) is 3.96. The lowest BCUT2D eigenvalue weighted by atomic mass is 10.0. The van der Waals surface area contributed by atoms with E-state index in [1.54, 1.807) is 0 Å². The summed E-state index contributed by atoms with van der Waals surface area (Å²) in [5.74, 6) is 0.669. The predicted molar refractivity (Wildman–Crippen MR) is 54.6 cm³/mol. The predicted octanol–water partition coefficient (Wildman–Crippen LogP) is 2.63. The Bertz CT molecular complexity index is 281. The number of anilines is 1. The third-order valence-electron chi connectivity index (χ3n) is 2.77. The van der Waals surface area contributed by atoms with Gasteiger partial charge in [-0.15, -0.1) is 0 Å². The maximum Gasteiger partial charge on any atom is 0.0458 e. The van der Waals surface area contributed by atoms with E-state index in [-0.39, 0.29) is 0 Å². The molecule has 1 aromatic heterocycles. The van der Waals surface area contributed by atoms with Crippen molar-refractivity contribution in [3.63, 3.8) is 0 Å². The lowest BCUT2D eigenvalue weighted by Crippen LogP contribution is -2.00. The highest BCUT2D eigenvalue weighted by molar-refractivity contribution is 5.41. The van der Waals surface area contributed by atoms with Crippen LogP contribution in [-0.2, 0) is 0 Å². The first kappa shape index (κ1) is 8.54. The zero-order valence-corrected chi connectivity index (χ0v) is 8.09. The quantitative estimate of drug-likeness (QED) is 0.714. The molecule has 0 bridgehead atoms. The van der Waals surface area contributed by atoms with Gasteiger partial charge in [-0.1, -0.05) is 12.8 Å². The van der Waals surface area contributed by atoms with Gasteiger partial charge in [0.1, 0.15) is 0 Å². The van der Waals surface area contributed by atoms with Crippen LogP contribution < -0.4 is 5.73 Å². The van der Waals surface area contributed by atoms with Crippen LogP contribution in [0.5, 0.6) is 0 Å². The molecular formula is C11H16N2. The molecule has 1 aromatic rings. The van der Waals surface area contributed by atoms with E-state index in [0.29, 0.717) is 5.92 Å². The highest BCUT2D eigenvalue weighted by Gasteiger charge is 2.18. The van der Waals surface area contributed by atoms with Crippen LogP contribution in [0.1, 0.15) is 43.0 Å². The molecule has 0 radical (unpaired) electrons. The molecule has 1 heterocycles. The number of nitrogens with two attached hydrogens (primary N) is 1. The molecule has 1 fully saturated rings. The normalized spacial score (nSPS) is 17.9. The number of hydrogen-bond acceptors (Lipinski definition) is 2. The Hall–Kier alpha value is -1.05. The van der Waals surface area contributed by atoms with Crippen molar-refractivity contribution < 1.29 is 0 Å². The number of aryl methyl sites for hydroxylation is 1. The van der Waals surface area contributed by atoms with Gasteiger partial charge in [-0.05, 0) is 31.9 Å². The van der Waals surface area contributed by atoms with Crippen LogP contribution in [0.3, 0.4) is 0 Å². The van der Waals surface area contributed by atoms with Crippen molar-refractivity contribution in [2.24, 2.45) is 0 Å². The van der Waals surface area contributed by atoms with Gasteiger partial charge < -0.3 is 5.73 Å². The molecule has 70 valence electrons. The summed E-state index contributed by atoms with van der Waals surface area (Å²) in [5.41, 5.74) is 8.89. The standard InChI is InChI=1S/C11H16N2/c1-8-6-10(12)7-11(13-8)9-4-2-3-5-9/h6-7,9H,2-5H2,1H3,(H2,12,13). The molecule has 0 aromatic carbocycles. The van der Waals surface area contributed by atoms with Crippen LogP contribution in [0.25, 0.3) is 0 Å². The fourth-order valence-corrected chi connectivity index (χ4v) is 2.15. The van der Waals surface area contributed by atoms with Gasteiger partial charge in [0.05, 0.1) is 0 Å². The third kappa shape index (κ3) is 1.82. The van der Waals surface area contributed by atoms with Crippen LogP contribution in [0, 0.1) is 6.92 Å². The molecule has 0 spiro atoms. The molecule has 0 amide bonds. The van der Waals surface area contributed by atoms with Crippen molar-refractivity contribution in [3.8, 4) is 0 Å². The van der Waals surface area contributed by atoms with Gasteiger partial charge >= 0.3 is 0 Å². The fraction of sp³-hybridized carbons (Fsp3) is 0.545. The van der Waals surface area contributed by atoms with Gasteiger partial charge in [0.15, 0.2) is 0 Å². The second-order valence-electron chi connectivity index (χ2n) is 3.95. The zero-order chi connectivity index (χ0) is 9.26. The third-order valence-corrected chi connectivity index (χ3v) is 2.77. The lowest BCUT2D eigenvalue weighted by molar-refractivity contribution is 0.695. The van der Waals surface area contributed by atoms with Crippen molar-refractivity contribution in [2.75, 3.05) is 5.73 Å². The Labute approximate surface area is 79.2 Å². The molecule has 0 saturated heterocycles. The second kappa shape index (κ2) is 3.36. The molecule has 2 nitrogen and oxygen atoms in total. The van der Waals surface area contributed by atoms with Crippen LogP contribution in [-0.4, -0.2) is 4.98 Å². The molecule has 0 unspecified atom stereocenters. The Kier molecular flexibility index (Phi) is 2.21. The lowest BCUT2D eigenvalue weighted by Gasteiger charge is -2.09. The molecule has 1 aliphatic rings. The highest BCUT2D eigenvalue weighted by Crippen LogP contribution is 2.33. The van der Waals surface area contributed by atoms with Crippen molar-refractivity contribution in [1.82, 2.24) is 4.98 Å². The van der Waals surface area contributed by atoms with Crippen LogP contribution in [0.15, 0.2) is 12.1 Å².